The van der Waals surface area contributed by atoms with Gasteiger partial charge in [0, 0.05) is 18.1 Å². The van der Waals surface area contributed by atoms with Gasteiger partial charge in [0.05, 0.1) is 18.9 Å². The van der Waals surface area contributed by atoms with Crippen molar-refractivity contribution in [3.05, 3.63) is 29.3 Å². The minimum atomic E-state index is -3.51. The highest BCUT2D eigenvalue weighted by atomic mass is 35.5. The number of benzene rings is 1. The van der Waals surface area contributed by atoms with Crippen molar-refractivity contribution in [3.63, 3.8) is 0 Å². The van der Waals surface area contributed by atoms with Crippen molar-refractivity contribution >= 4 is 27.5 Å². The molecule has 17 heavy (non-hydrogen) atoms. The molecule has 1 aliphatic heterocycles. The second-order valence-electron chi connectivity index (χ2n) is 3.63. The van der Waals surface area contributed by atoms with Crippen LogP contribution in [-0.2, 0) is 14.9 Å². The fourth-order valence-electron chi connectivity index (χ4n) is 1.55. The van der Waals surface area contributed by atoms with Crippen LogP contribution in [0.5, 0.6) is 0 Å². The first-order chi connectivity index (χ1) is 8.08. The summed E-state index contributed by atoms with van der Waals surface area (Å²) in [6.07, 6.45) is 0. The first-order valence-corrected chi connectivity index (χ1v) is 7.01. The van der Waals surface area contributed by atoms with Gasteiger partial charge in [-0.05, 0) is 18.2 Å². The second kappa shape index (κ2) is 5.22. The Labute approximate surface area is 106 Å². The molecule has 0 unspecified atom stereocenters. The summed E-state index contributed by atoms with van der Waals surface area (Å²) in [5, 5.41) is 0.493. The van der Waals surface area contributed by atoms with Gasteiger partial charge in [-0.25, -0.2) is 0 Å². The molecule has 0 aromatic heterocycles. The molecule has 0 aliphatic carbocycles. The number of hydrogen-bond acceptors (Lipinski definition) is 3. The lowest BCUT2D eigenvalue weighted by atomic mass is 10.3. The molecule has 1 aromatic rings. The fraction of sp³-hybridized carbons (Fsp3) is 0.400. The van der Waals surface area contributed by atoms with Gasteiger partial charge in [-0.15, -0.1) is 0 Å². The standard InChI is InChI=1S/C10H13ClN2O3S/c11-9-2-1-3-10(8-9)12-17(14,15)13-4-6-16-7-5-13/h1-3,8,12H,4-7H2. The predicted octanol–water partition coefficient (Wildman–Crippen LogP) is 1.33. The fourth-order valence-corrected chi connectivity index (χ4v) is 2.93. The van der Waals surface area contributed by atoms with Gasteiger partial charge in [0.2, 0.25) is 0 Å². The van der Waals surface area contributed by atoms with Crippen molar-refractivity contribution in [1.82, 2.24) is 4.31 Å². The van der Waals surface area contributed by atoms with Gasteiger partial charge in [-0.1, -0.05) is 17.7 Å². The zero-order chi connectivity index (χ0) is 12.3. The highest BCUT2D eigenvalue weighted by Gasteiger charge is 2.23. The van der Waals surface area contributed by atoms with Crippen LogP contribution in [0, 0.1) is 0 Å². The third-order valence-electron chi connectivity index (χ3n) is 2.38. The number of anilines is 1. The summed E-state index contributed by atoms with van der Waals surface area (Å²) in [4.78, 5) is 0. The zero-order valence-electron chi connectivity index (χ0n) is 9.10. The average molecular weight is 277 g/mol. The van der Waals surface area contributed by atoms with E-state index in [4.69, 9.17) is 16.3 Å². The molecule has 1 heterocycles. The minimum absolute atomic E-state index is 0.371. The summed E-state index contributed by atoms with van der Waals surface area (Å²) >= 11 is 5.79. The van der Waals surface area contributed by atoms with Crippen LogP contribution in [0.4, 0.5) is 5.69 Å². The molecule has 1 N–H and O–H groups in total. The molecule has 0 radical (unpaired) electrons. The molecular weight excluding hydrogens is 264 g/mol. The summed E-state index contributed by atoms with van der Waals surface area (Å²) in [7, 11) is -3.51. The number of hydrogen-bond donors (Lipinski definition) is 1. The molecule has 0 amide bonds. The smallest absolute Gasteiger partial charge is 0.301 e. The molecule has 0 spiro atoms. The Kier molecular flexibility index (Phi) is 3.88. The summed E-state index contributed by atoms with van der Waals surface area (Å²) in [6, 6.07) is 6.61. The average Bonchev–Trinajstić information content (AvgIpc) is 2.29. The van der Waals surface area contributed by atoms with Gasteiger partial charge in [0.15, 0.2) is 0 Å². The van der Waals surface area contributed by atoms with E-state index < -0.39 is 10.2 Å². The normalized spacial score (nSPS) is 17.9. The predicted molar refractivity (Wildman–Crippen MR) is 66.4 cm³/mol. The maximum absolute atomic E-state index is 12.0. The molecule has 7 heteroatoms. The Morgan fingerprint density at radius 1 is 1.29 bits per heavy atom. The third-order valence-corrected chi connectivity index (χ3v) is 4.16. The van der Waals surface area contributed by atoms with E-state index in [1.807, 2.05) is 0 Å². The molecule has 1 aromatic carbocycles. The van der Waals surface area contributed by atoms with E-state index in [9.17, 15) is 8.42 Å². The van der Waals surface area contributed by atoms with Gasteiger partial charge in [-0.3, -0.25) is 4.72 Å². The number of nitrogens with zero attached hydrogens (tertiary/aromatic N) is 1. The van der Waals surface area contributed by atoms with Crippen LogP contribution in [0.2, 0.25) is 5.02 Å². The maximum atomic E-state index is 12.0. The van der Waals surface area contributed by atoms with E-state index in [2.05, 4.69) is 4.72 Å². The minimum Gasteiger partial charge on any atom is -0.379 e. The van der Waals surface area contributed by atoms with Gasteiger partial charge >= 0.3 is 10.2 Å². The van der Waals surface area contributed by atoms with Crippen LogP contribution < -0.4 is 4.72 Å². The summed E-state index contributed by atoms with van der Waals surface area (Å²) < 4.78 is 32.9. The van der Waals surface area contributed by atoms with Gasteiger partial charge < -0.3 is 4.74 Å². The number of halogens is 1. The number of ether oxygens (including phenoxy) is 1. The maximum Gasteiger partial charge on any atom is 0.301 e. The molecule has 1 fully saturated rings. The monoisotopic (exact) mass is 276 g/mol. The number of morpholine rings is 1. The molecule has 5 nitrogen and oxygen atoms in total. The van der Waals surface area contributed by atoms with E-state index in [0.29, 0.717) is 37.0 Å². The van der Waals surface area contributed by atoms with Crippen LogP contribution >= 0.6 is 11.6 Å². The molecule has 1 saturated heterocycles. The Morgan fingerprint density at radius 3 is 2.65 bits per heavy atom. The number of nitrogens with one attached hydrogen (secondary N) is 1. The highest BCUT2D eigenvalue weighted by molar-refractivity contribution is 7.90. The molecule has 0 atom stereocenters. The van der Waals surface area contributed by atoms with Gasteiger partial charge in [0.25, 0.3) is 0 Å². The molecule has 0 bridgehead atoms. The summed E-state index contributed by atoms with van der Waals surface area (Å²) in [5.74, 6) is 0. The van der Waals surface area contributed by atoms with Crippen molar-refractivity contribution in [2.24, 2.45) is 0 Å². The molecular formula is C10H13ClN2O3S. The van der Waals surface area contributed by atoms with Crippen LogP contribution in [0.1, 0.15) is 0 Å². The second-order valence-corrected chi connectivity index (χ2v) is 5.74. The lowest BCUT2D eigenvalue weighted by molar-refractivity contribution is 0.0733. The quantitative estimate of drug-likeness (QED) is 0.906. The third kappa shape index (κ3) is 3.32. The van der Waals surface area contributed by atoms with Crippen LogP contribution in [0.15, 0.2) is 24.3 Å². The molecule has 0 saturated carbocycles. The van der Waals surface area contributed by atoms with E-state index in [1.54, 1.807) is 24.3 Å². The van der Waals surface area contributed by atoms with E-state index in [1.165, 1.54) is 4.31 Å². The van der Waals surface area contributed by atoms with Crippen LogP contribution in [0.25, 0.3) is 0 Å². The SMILES string of the molecule is O=S(=O)(Nc1cccc(Cl)c1)N1CCOCC1. The van der Waals surface area contributed by atoms with E-state index in [0.717, 1.165) is 0 Å². The Balaban J connectivity index is 2.11. The highest BCUT2D eigenvalue weighted by Crippen LogP contribution is 2.17. The van der Waals surface area contributed by atoms with Crippen molar-refractivity contribution in [3.8, 4) is 0 Å². The molecule has 94 valence electrons. The molecule has 2 rings (SSSR count). The topological polar surface area (TPSA) is 58.6 Å². The van der Waals surface area contributed by atoms with Crippen molar-refractivity contribution < 1.29 is 13.2 Å². The van der Waals surface area contributed by atoms with Gasteiger partial charge in [0.1, 0.15) is 0 Å². The van der Waals surface area contributed by atoms with Crippen molar-refractivity contribution in [2.45, 2.75) is 0 Å². The molecule has 1 aliphatic rings. The lowest BCUT2D eigenvalue weighted by Crippen LogP contribution is -2.43. The Hall–Kier alpha value is -0.820. The first kappa shape index (κ1) is 12.6. The lowest BCUT2D eigenvalue weighted by Gasteiger charge is -2.26. The largest absolute Gasteiger partial charge is 0.379 e. The van der Waals surface area contributed by atoms with Crippen LogP contribution in [-0.4, -0.2) is 39.0 Å². The van der Waals surface area contributed by atoms with E-state index >= 15 is 0 Å². The first-order valence-electron chi connectivity index (χ1n) is 5.19. The van der Waals surface area contributed by atoms with Crippen molar-refractivity contribution in [1.29, 1.82) is 0 Å². The van der Waals surface area contributed by atoms with E-state index in [-0.39, 0.29) is 0 Å². The van der Waals surface area contributed by atoms with Gasteiger partial charge in [-0.2, -0.15) is 12.7 Å². The Bertz CT molecular complexity index is 486. The Morgan fingerprint density at radius 2 is 2.00 bits per heavy atom. The van der Waals surface area contributed by atoms with Crippen molar-refractivity contribution in [2.75, 3.05) is 31.0 Å². The summed E-state index contributed by atoms with van der Waals surface area (Å²) in [5.41, 5.74) is 0.462. The zero-order valence-corrected chi connectivity index (χ0v) is 10.7. The summed E-state index contributed by atoms with van der Waals surface area (Å²) in [6.45, 7) is 1.60. The van der Waals surface area contributed by atoms with Crippen LogP contribution in [0.3, 0.4) is 0 Å². The number of rotatable bonds is 3.